The molecule has 0 aliphatic carbocycles. The number of rotatable bonds is 2. The fraction of sp³-hybridized carbons (Fsp3) is 0.615. The summed E-state index contributed by atoms with van der Waals surface area (Å²) >= 11 is 0. The average Bonchev–Trinajstić information content (AvgIpc) is 2.86. The molecule has 0 saturated carbocycles. The van der Waals surface area contributed by atoms with E-state index < -0.39 is 0 Å². The van der Waals surface area contributed by atoms with E-state index in [0.717, 1.165) is 12.8 Å². The topological polar surface area (TPSA) is 74.0 Å². The molecular weight excluding hydrogens is 242 g/mol. The van der Waals surface area contributed by atoms with E-state index in [1.807, 2.05) is 6.07 Å². The first-order valence-corrected chi connectivity index (χ1v) is 6.60. The SMILES string of the molecule is CC(C)NC1CCN(C(=O)n2ccnc2C#N)CC1. The summed E-state index contributed by atoms with van der Waals surface area (Å²) in [4.78, 5) is 17.9. The molecule has 1 aliphatic heterocycles. The van der Waals surface area contributed by atoms with Gasteiger partial charge in [0.1, 0.15) is 6.07 Å². The Morgan fingerprint density at radius 3 is 2.79 bits per heavy atom. The molecule has 0 aromatic carbocycles. The maximum Gasteiger partial charge on any atom is 0.330 e. The van der Waals surface area contributed by atoms with Gasteiger partial charge in [-0.2, -0.15) is 5.26 Å². The highest BCUT2D eigenvalue weighted by molar-refractivity contribution is 5.78. The molecule has 1 N–H and O–H groups in total. The highest BCUT2D eigenvalue weighted by Crippen LogP contribution is 2.13. The second-order valence-electron chi connectivity index (χ2n) is 5.10. The third kappa shape index (κ3) is 3.12. The van der Waals surface area contributed by atoms with Crippen LogP contribution in [0.5, 0.6) is 0 Å². The standard InChI is InChI=1S/C13H19N5O/c1-10(2)16-11-3-6-17(7-4-11)13(19)18-8-5-15-12(18)9-14/h5,8,10-11,16H,3-4,6-7H2,1-2H3. The van der Waals surface area contributed by atoms with E-state index in [2.05, 4.69) is 24.1 Å². The van der Waals surface area contributed by atoms with Gasteiger partial charge in [0, 0.05) is 37.6 Å². The number of likely N-dealkylation sites (tertiary alicyclic amines) is 1. The Hall–Kier alpha value is -1.87. The van der Waals surface area contributed by atoms with E-state index in [4.69, 9.17) is 5.26 Å². The van der Waals surface area contributed by atoms with Crippen LogP contribution in [0.4, 0.5) is 4.79 Å². The van der Waals surface area contributed by atoms with Crippen LogP contribution >= 0.6 is 0 Å². The molecule has 0 atom stereocenters. The molecule has 1 amide bonds. The number of nitrogens with zero attached hydrogens (tertiary/aromatic N) is 4. The van der Waals surface area contributed by atoms with Gasteiger partial charge in [-0.05, 0) is 12.8 Å². The molecule has 102 valence electrons. The van der Waals surface area contributed by atoms with Crippen LogP contribution in [0, 0.1) is 11.3 Å². The predicted molar refractivity (Wildman–Crippen MR) is 70.6 cm³/mol. The van der Waals surface area contributed by atoms with Gasteiger partial charge in [-0.25, -0.2) is 14.3 Å². The number of nitriles is 1. The Bertz CT molecular complexity index is 479. The second-order valence-corrected chi connectivity index (χ2v) is 5.10. The van der Waals surface area contributed by atoms with Crippen LogP contribution in [-0.4, -0.2) is 45.7 Å². The van der Waals surface area contributed by atoms with E-state index in [9.17, 15) is 4.79 Å². The minimum absolute atomic E-state index is 0.146. The molecule has 2 rings (SSSR count). The van der Waals surface area contributed by atoms with E-state index >= 15 is 0 Å². The highest BCUT2D eigenvalue weighted by atomic mass is 16.2. The summed E-state index contributed by atoms with van der Waals surface area (Å²) in [5.74, 6) is 0.146. The Morgan fingerprint density at radius 2 is 2.21 bits per heavy atom. The molecule has 19 heavy (non-hydrogen) atoms. The van der Waals surface area contributed by atoms with E-state index in [1.165, 1.54) is 10.8 Å². The number of aromatic nitrogens is 2. The second kappa shape index (κ2) is 5.85. The van der Waals surface area contributed by atoms with Crippen LogP contribution in [0.25, 0.3) is 0 Å². The monoisotopic (exact) mass is 261 g/mol. The molecule has 1 aromatic heterocycles. The predicted octanol–water partition coefficient (Wildman–Crippen LogP) is 1.19. The third-order valence-corrected chi connectivity index (χ3v) is 3.28. The van der Waals surface area contributed by atoms with Crippen molar-refractivity contribution < 1.29 is 4.79 Å². The third-order valence-electron chi connectivity index (χ3n) is 3.28. The number of hydrogen-bond donors (Lipinski definition) is 1. The van der Waals surface area contributed by atoms with Crippen LogP contribution in [0.1, 0.15) is 32.5 Å². The average molecular weight is 261 g/mol. The van der Waals surface area contributed by atoms with Crippen LogP contribution in [0.3, 0.4) is 0 Å². The van der Waals surface area contributed by atoms with Crippen LogP contribution in [0.2, 0.25) is 0 Å². The van der Waals surface area contributed by atoms with E-state index in [1.54, 1.807) is 11.1 Å². The van der Waals surface area contributed by atoms with Crippen LogP contribution < -0.4 is 5.32 Å². The number of carbonyl (C=O) groups excluding carboxylic acids is 1. The number of imidazole rings is 1. The van der Waals surface area contributed by atoms with Crippen molar-refractivity contribution in [1.82, 2.24) is 19.8 Å². The lowest BCUT2D eigenvalue weighted by Gasteiger charge is -2.33. The van der Waals surface area contributed by atoms with Gasteiger partial charge in [-0.15, -0.1) is 0 Å². The van der Waals surface area contributed by atoms with Crippen molar-refractivity contribution >= 4 is 6.03 Å². The number of carbonyl (C=O) groups is 1. The first-order valence-electron chi connectivity index (χ1n) is 6.60. The van der Waals surface area contributed by atoms with Crippen molar-refractivity contribution in [3.8, 4) is 6.07 Å². The van der Waals surface area contributed by atoms with Gasteiger partial charge in [-0.3, -0.25) is 0 Å². The van der Waals surface area contributed by atoms with Gasteiger partial charge in [0.25, 0.3) is 0 Å². The van der Waals surface area contributed by atoms with Crippen LogP contribution in [-0.2, 0) is 0 Å². The van der Waals surface area contributed by atoms with Crippen LogP contribution in [0.15, 0.2) is 12.4 Å². The highest BCUT2D eigenvalue weighted by Gasteiger charge is 2.24. The summed E-state index contributed by atoms with van der Waals surface area (Å²) in [5, 5.41) is 12.4. The fourth-order valence-corrected chi connectivity index (χ4v) is 2.40. The lowest BCUT2D eigenvalue weighted by atomic mass is 10.0. The summed E-state index contributed by atoms with van der Waals surface area (Å²) < 4.78 is 1.32. The largest absolute Gasteiger partial charge is 0.330 e. The number of piperidine rings is 1. The Labute approximate surface area is 113 Å². The Kier molecular flexibility index (Phi) is 4.17. The Balaban J connectivity index is 1.95. The molecule has 6 nitrogen and oxygen atoms in total. The van der Waals surface area contributed by atoms with Gasteiger partial charge in [0.05, 0.1) is 0 Å². The quantitative estimate of drug-likeness (QED) is 0.867. The summed E-state index contributed by atoms with van der Waals surface area (Å²) in [6.45, 7) is 5.68. The lowest BCUT2D eigenvalue weighted by Crippen LogP contribution is -2.47. The zero-order chi connectivity index (χ0) is 13.8. The molecule has 0 bridgehead atoms. The smallest absolute Gasteiger partial charge is 0.324 e. The van der Waals surface area contributed by atoms with Gasteiger partial charge in [0.2, 0.25) is 5.82 Å². The zero-order valence-corrected chi connectivity index (χ0v) is 11.3. The molecule has 0 unspecified atom stereocenters. The van der Waals surface area contributed by atoms with Crippen molar-refractivity contribution in [1.29, 1.82) is 5.26 Å². The lowest BCUT2D eigenvalue weighted by molar-refractivity contribution is 0.176. The summed E-state index contributed by atoms with van der Waals surface area (Å²) in [7, 11) is 0. The summed E-state index contributed by atoms with van der Waals surface area (Å²) in [5.41, 5.74) is 0. The normalized spacial score (nSPS) is 16.6. The first kappa shape index (κ1) is 13.6. The maximum absolute atomic E-state index is 12.2. The van der Waals surface area contributed by atoms with E-state index in [-0.39, 0.29) is 11.9 Å². The van der Waals surface area contributed by atoms with Gasteiger partial charge in [0.15, 0.2) is 0 Å². The molecule has 6 heteroatoms. The summed E-state index contributed by atoms with van der Waals surface area (Å²) in [6, 6.07) is 2.71. The Morgan fingerprint density at radius 1 is 1.53 bits per heavy atom. The number of hydrogen-bond acceptors (Lipinski definition) is 4. The maximum atomic E-state index is 12.2. The van der Waals surface area contributed by atoms with Crippen molar-refractivity contribution in [2.24, 2.45) is 0 Å². The van der Waals surface area contributed by atoms with E-state index in [0.29, 0.717) is 25.2 Å². The fourth-order valence-electron chi connectivity index (χ4n) is 2.40. The molecule has 1 fully saturated rings. The first-order chi connectivity index (χ1) is 9.11. The molecule has 1 saturated heterocycles. The molecule has 0 spiro atoms. The zero-order valence-electron chi connectivity index (χ0n) is 11.3. The van der Waals surface area contributed by atoms with Crippen molar-refractivity contribution in [2.45, 2.75) is 38.8 Å². The summed E-state index contributed by atoms with van der Waals surface area (Å²) in [6.07, 6.45) is 4.91. The van der Waals surface area contributed by atoms with Gasteiger partial charge in [-0.1, -0.05) is 13.8 Å². The molecule has 2 heterocycles. The molecule has 1 aliphatic rings. The van der Waals surface area contributed by atoms with Gasteiger partial charge >= 0.3 is 6.03 Å². The number of amides is 1. The van der Waals surface area contributed by atoms with Gasteiger partial charge < -0.3 is 10.2 Å². The number of nitrogens with one attached hydrogen (secondary N) is 1. The molecular formula is C13H19N5O. The minimum atomic E-state index is -0.156. The molecule has 0 radical (unpaired) electrons. The van der Waals surface area contributed by atoms with Crippen molar-refractivity contribution in [2.75, 3.05) is 13.1 Å². The van der Waals surface area contributed by atoms with Crippen molar-refractivity contribution in [3.63, 3.8) is 0 Å². The van der Waals surface area contributed by atoms with Crippen molar-refractivity contribution in [3.05, 3.63) is 18.2 Å². The minimum Gasteiger partial charge on any atom is -0.324 e. The molecule has 1 aromatic rings.